The van der Waals surface area contributed by atoms with Gasteiger partial charge in [-0.15, -0.1) is 11.3 Å². The minimum absolute atomic E-state index is 0.122. The van der Waals surface area contributed by atoms with E-state index in [9.17, 15) is 14.9 Å². The number of aromatic nitrogens is 1. The first-order valence-corrected chi connectivity index (χ1v) is 10.2. The Bertz CT molecular complexity index is 1070. The van der Waals surface area contributed by atoms with E-state index in [2.05, 4.69) is 16.4 Å². The molecule has 3 rings (SSSR count). The summed E-state index contributed by atoms with van der Waals surface area (Å²) in [6, 6.07) is 14.7. The molecule has 2 aromatic carbocycles. The Labute approximate surface area is 178 Å². The van der Waals surface area contributed by atoms with Gasteiger partial charge in [0.15, 0.2) is 11.7 Å². The molecule has 0 fully saturated rings. The van der Waals surface area contributed by atoms with E-state index in [1.165, 1.54) is 25.6 Å². The smallest absolute Gasteiger partial charge is 0.224 e. The maximum absolute atomic E-state index is 12.6. The molecule has 0 saturated carbocycles. The first-order chi connectivity index (χ1) is 14.5. The fourth-order valence-electron chi connectivity index (χ4n) is 2.97. The summed E-state index contributed by atoms with van der Waals surface area (Å²) in [4.78, 5) is 29.3. The van der Waals surface area contributed by atoms with Crippen LogP contribution < -0.4 is 14.8 Å². The van der Waals surface area contributed by atoms with Gasteiger partial charge in [-0.2, -0.15) is 5.26 Å². The minimum Gasteiger partial charge on any atom is -0.497 e. The number of methoxy groups -OCH3 is 2. The molecular weight excluding hydrogens is 402 g/mol. The lowest BCUT2D eigenvalue weighted by Gasteiger charge is -2.11. The van der Waals surface area contributed by atoms with Crippen LogP contribution in [0.3, 0.4) is 0 Å². The predicted molar refractivity (Wildman–Crippen MR) is 115 cm³/mol. The number of nitrogens with zero attached hydrogens (tertiary/aromatic N) is 2. The molecule has 7 nitrogen and oxygen atoms in total. The number of hydrogen-bond donors (Lipinski definition) is 1. The van der Waals surface area contributed by atoms with Crippen molar-refractivity contribution in [1.82, 2.24) is 4.98 Å². The summed E-state index contributed by atoms with van der Waals surface area (Å²) in [6.07, 6.45) is 0.598. The summed E-state index contributed by atoms with van der Waals surface area (Å²) in [5.74, 6) is -0.287. The fraction of sp³-hybridized carbons (Fsp3) is 0.273. The highest BCUT2D eigenvalue weighted by Crippen LogP contribution is 2.30. The van der Waals surface area contributed by atoms with Gasteiger partial charge in [-0.3, -0.25) is 9.59 Å². The number of ketones is 1. The molecule has 154 valence electrons. The predicted octanol–water partition coefficient (Wildman–Crippen LogP) is 4.30. The number of thiazole rings is 1. The largest absolute Gasteiger partial charge is 0.497 e. The Hall–Kier alpha value is -3.44. The van der Waals surface area contributed by atoms with Crippen LogP contribution >= 0.6 is 11.3 Å². The molecular formula is C22H21N3O4S. The second kappa shape index (κ2) is 9.85. The van der Waals surface area contributed by atoms with Gasteiger partial charge in [0.2, 0.25) is 5.91 Å². The monoisotopic (exact) mass is 423 g/mol. The number of nitriles is 1. The molecule has 0 spiro atoms. The first-order valence-electron chi connectivity index (χ1n) is 9.35. The lowest BCUT2D eigenvalue weighted by atomic mass is 10.0. The van der Waals surface area contributed by atoms with E-state index in [-0.39, 0.29) is 24.5 Å². The van der Waals surface area contributed by atoms with Gasteiger partial charge < -0.3 is 14.8 Å². The van der Waals surface area contributed by atoms with Gasteiger partial charge in [0.05, 0.1) is 36.2 Å². The van der Waals surface area contributed by atoms with Crippen molar-refractivity contribution < 1.29 is 19.1 Å². The number of ether oxygens (including phenoxy) is 2. The molecule has 8 heteroatoms. The molecule has 3 aromatic rings. The van der Waals surface area contributed by atoms with Gasteiger partial charge in [-0.1, -0.05) is 12.1 Å². The van der Waals surface area contributed by atoms with E-state index in [1.54, 1.807) is 18.2 Å². The molecule has 1 aromatic heterocycles. The number of carbonyl (C=O) groups is 2. The average molecular weight is 423 g/mol. The van der Waals surface area contributed by atoms with Gasteiger partial charge in [0, 0.05) is 18.9 Å². The van der Waals surface area contributed by atoms with E-state index in [1.807, 2.05) is 24.3 Å². The lowest BCUT2D eigenvalue weighted by Crippen LogP contribution is -2.14. The fourth-order valence-corrected chi connectivity index (χ4v) is 4.01. The number of amides is 1. The summed E-state index contributed by atoms with van der Waals surface area (Å²) >= 11 is 1.35. The van der Waals surface area contributed by atoms with Crippen LogP contribution in [0.2, 0.25) is 0 Å². The molecule has 0 aliphatic rings. The number of rotatable bonds is 9. The Kier molecular flexibility index (Phi) is 6.99. The highest BCUT2D eigenvalue weighted by molar-refractivity contribution is 7.18. The number of Topliss-reactive ketones (excluding diaryl/α,β-unsaturated/α-hetero) is 1. The van der Waals surface area contributed by atoms with Crippen LogP contribution in [0.25, 0.3) is 10.2 Å². The number of benzene rings is 2. The summed E-state index contributed by atoms with van der Waals surface area (Å²) in [6.45, 7) is 0. The molecule has 1 heterocycles. The zero-order valence-electron chi connectivity index (χ0n) is 16.7. The zero-order valence-corrected chi connectivity index (χ0v) is 17.5. The molecule has 0 unspecified atom stereocenters. The maximum atomic E-state index is 12.6. The van der Waals surface area contributed by atoms with Crippen molar-refractivity contribution in [2.75, 3.05) is 19.5 Å². The average Bonchev–Trinajstić information content (AvgIpc) is 3.17. The summed E-state index contributed by atoms with van der Waals surface area (Å²) < 4.78 is 11.3. The van der Waals surface area contributed by atoms with Crippen LogP contribution in [0.15, 0.2) is 42.5 Å². The molecule has 1 atom stereocenters. The third-order valence-corrected chi connectivity index (χ3v) is 5.62. The minimum atomic E-state index is -0.913. The highest BCUT2D eigenvalue weighted by atomic mass is 32.1. The topological polar surface area (TPSA) is 101 Å². The number of anilines is 1. The maximum Gasteiger partial charge on any atom is 0.224 e. The number of carbonyl (C=O) groups excluding carboxylic acids is 2. The van der Waals surface area contributed by atoms with E-state index in [4.69, 9.17) is 9.47 Å². The zero-order chi connectivity index (χ0) is 21.5. The number of fused-ring (bicyclic) bond motifs is 1. The third-order valence-electron chi connectivity index (χ3n) is 4.52. The molecule has 0 aliphatic heterocycles. The third kappa shape index (κ3) is 4.93. The molecule has 30 heavy (non-hydrogen) atoms. The Morgan fingerprint density at radius 1 is 1.17 bits per heavy atom. The van der Waals surface area contributed by atoms with Crippen molar-refractivity contribution in [3.8, 4) is 17.6 Å². The van der Waals surface area contributed by atoms with Crippen LogP contribution in [-0.4, -0.2) is 30.9 Å². The van der Waals surface area contributed by atoms with Gasteiger partial charge >= 0.3 is 0 Å². The molecule has 0 bridgehead atoms. The van der Waals surface area contributed by atoms with Gasteiger partial charge in [-0.05, 0) is 30.7 Å². The van der Waals surface area contributed by atoms with E-state index >= 15 is 0 Å². The van der Waals surface area contributed by atoms with Crippen LogP contribution in [-0.2, 0) is 9.59 Å². The SMILES string of the molecule is COc1ccc(OC)c(NC(=O)CCCC(=O)[C@@H](C#N)c2nc3ccccc3s2)c1. The lowest BCUT2D eigenvalue weighted by molar-refractivity contribution is -0.119. The Morgan fingerprint density at radius 3 is 2.67 bits per heavy atom. The van der Waals surface area contributed by atoms with E-state index < -0.39 is 5.92 Å². The standard InChI is InChI=1S/C22H21N3O4S/c1-28-14-10-11-19(29-2)17(12-14)24-21(27)9-5-7-18(26)15(13-23)22-25-16-6-3-4-8-20(16)30-22/h3-4,6,8,10-12,15H,5,7,9H2,1-2H3,(H,24,27)/t15-/m1/s1. The number of hydrogen-bond acceptors (Lipinski definition) is 7. The van der Waals surface area contributed by atoms with Crippen LogP contribution in [0, 0.1) is 11.3 Å². The van der Waals surface area contributed by atoms with Crippen molar-refractivity contribution in [3.05, 3.63) is 47.5 Å². The van der Waals surface area contributed by atoms with E-state index in [0.717, 1.165) is 10.2 Å². The first kappa shape index (κ1) is 21.3. The van der Waals surface area contributed by atoms with Crippen molar-refractivity contribution in [3.63, 3.8) is 0 Å². The van der Waals surface area contributed by atoms with Gasteiger partial charge in [0.25, 0.3) is 0 Å². The highest BCUT2D eigenvalue weighted by Gasteiger charge is 2.23. The summed E-state index contributed by atoms with van der Waals surface area (Å²) in [5.41, 5.74) is 1.27. The van der Waals surface area contributed by atoms with Crippen LogP contribution in [0.1, 0.15) is 30.2 Å². The molecule has 1 amide bonds. The van der Waals surface area contributed by atoms with Gasteiger partial charge in [-0.25, -0.2) is 4.98 Å². The quantitative estimate of drug-likeness (QED) is 0.551. The molecule has 0 radical (unpaired) electrons. The van der Waals surface area contributed by atoms with Gasteiger partial charge in [0.1, 0.15) is 16.5 Å². The number of para-hydroxylation sites is 1. The van der Waals surface area contributed by atoms with Crippen molar-refractivity contribution in [1.29, 1.82) is 5.26 Å². The molecule has 0 aliphatic carbocycles. The van der Waals surface area contributed by atoms with Crippen molar-refractivity contribution in [2.24, 2.45) is 0 Å². The van der Waals surface area contributed by atoms with Crippen LogP contribution in [0.5, 0.6) is 11.5 Å². The molecule has 0 saturated heterocycles. The second-order valence-corrected chi connectivity index (χ2v) is 7.58. The van der Waals surface area contributed by atoms with E-state index in [0.29, 0.717) is 28.6 Å². The van der Waals surface area contributed by atoms with Crippen molar-refractivity contribution in [2.45, 2.75) is 25.2 Å². The Morgan fingerprint density at radius 2 is 1.97 bits per heavy atom. The van der Waals surface area contributed by atoms with Crippen molar-refractivity contribution >= 4 is 38.9 Å². The molecule has 1 N–H and O–H groups in total. The normalized spacial score (nSPS) is 11.5. The second-order valence-electron chi connectivity index (χ2n) is 6.52. The van der Waals surface area contributed by atoms with Crippen LogP contribution in [0.4, 0.5) is 5.69 Å². The summed E-state index contributed by atoms with van der Waals surface area (Å²) in [5, 5.41) is 12.7. The Balaban J connectivity index is 1.57. The summed E-state index contributed by atoms with van der Waals surface area (Å²) in [7, 11) is 3.05. The number of nitrogens with one attached hydrogen (secondary N) is 1.